The summed E-state index contributed by atoms with van der Waals surface area (Å²) in [5.74, 6) is -2.24. The maximum absolute atomic E-state index is 11.1. The Morgan fingerprint density at radius 3 is 2.21 bits per heavy atom. The van der Waals surface area contributed by atoms with E-state index >= 15 is 0 Å². The molecule has 0 aliphatic rings. The number of phenols is 2. The second-order valence-corrected chi connectivity index (χ2v) is 5.58. The van der Waals surface area contributed by atoms with Crippen LogP contribution in [0.15, 0.2) is 24.3 Å². The van der Waals surface area contributed by atoms with Crippen LogP contribution >= 0.6 is 0 Å². The lowest BCUT2D eigenvalue weighted by molar-refractivity contribution is 0.0693. The zero-order valence-corrected chi connectivity index (χ0v) is 11.1. The van der Waals surface area contributed by atoms with Gasteiger partial charge in [0.2, 0.25) is 0 Å². The van der Waals surface area contributed by atoms with Gasteiger partial charge in [-0.3, -0.25) is 0 Å². The molecule has 100 valence electrons. The number of hydrogen-bond acceptors (Lipinski definition) is 3. The van der Waals surface area contributed by atoms with Gasteiger partial charge in [-0.1, -0.05) is 39.0 Å². The van der Waals surface area contributed by atoms with Crippen LogP contribution < -0.4 is 0 Å². The molecule has 0 amide bonds. The second-order valence-electron chi connectivity index (χ2n) is 5.58. The molecule has 4 nitrogen and oxygen atoms in total. The van der Waals surface area contributed by atoms with Gasteiger partial charge in [0.1, 0.15) is 5.56 Å². The summed E-state index contributed by atoms with van der Waals surface area (Å²) in [6, 6.07) is 6.74. The number of rotatable bonds is 1. The summed E-state index contributed by atoms with van der Waals surface area (Å²) in [6.45, 7) is 6.02. The molecule has 4 heteroatoms. The molecule has 2 aromatic carbocycles. The third-order valence-corrected chi connectivity index (χ3v) is 3.17. The maximum atomic E-state index is 11.1. The van der Waals surface area contributed by atoms with Crippen molar-refractivity contribution in [2.75, 3.05) is 0 Å². The van der Waals surface area contributed by atoms with E-state index in [1.165, 1.54) is 6.07 Å². The molecule has 2 aromatic rings. The van der Waals surface area contributed by atoms with Crippen molar-refractivity contribution in [3.8, 4) is 11.5 Å². The van der Waals surface area contributed by atoms with Crippen LogP contribution in [0.1, 0.15) is 36.7 Å². The first-order valence-electron chi connectivity index (χ1n) is 5.95. The van der Waals surface area contributed by atoms with Crippen LogP contribution in [0, 0.1) is 0 Å². The predicted octanol–water partition coefficient (Wildman–Crippen LogP) is 3.25. The largest absolute Gasteiger partial charge is 0.504 e. The van der Waals surface area contributed by atoms with Gasteiger partial charge in [-0.25, -0.2) is 4.79 Å². The zero-order valence-electron chi connectivity index (χ0n) is 11.1. The fourth-order valence-corrected chi connectivity index (χ4v) is 2.21. The van der Waals surface area contributed by atoms with Crippen LogP contribution in [-0.2, 0) is 5.41 Å². The van der Waals surface area contributed by atoms with Crippen LogP contribution in [0.25, 0.3) is 10.8 Å². The summed E-state index contributed by atoms with van der Waals surface area (Å²) in [6.07, 6.45) is 0. The minimum absolute atomic E-state index is 0.196. The number of carboxylic acid groups (broad SMARTS) is 1. The van der Waals surface area contributed by atoms with Crippen LogP contribution in [-0.4, -0.2) is 21.3 Å². The number of carbonyl (C=O) groups is 1. The van der Waals surface area contributed by atoms with E-state index in [1.54, 1.807) is 12.1 Å². The predicted molar refractivity (Wildman–Crippen MR) is 72.9 cm³/mol. The van der Waals surface area contributed by atoms with E-state index in [1.807, 2.05) is 26.8 Å². The van der Waals surface area contributed by atoms with Crippen LogP contribution in [0.2, 0.25) is 0 Å². The number of fused-ring (bicyclic) bond motifs is 1. The van der Waals surface area contributed by atoms with E-state index in [-0.39, 0.29) is 16.7 Å². The Balaban J connectivity index is 2.94. The number of hydrogen-bond donors (Lipinski definition) is 3. The van der Waals surface area contributed by atoms with E-state index in [9.17, 15) is 15.0 Å². The van der Waals surface area contributed by atoms with Gasteiger partial charge in [0, 0.05) is 5.39 Å². The van der Waals surface area contributed by atoms with Crippen molar-refractivity contribution in [1.29, 1.82) is 0 Å². The fourth-order valence-electron chi connectivity index (χ4n) is 2.21. The lowest BCUT2D eigenvalue weighted by Crippen LogP contribution is -2.12. The highest BCUT2D eigenvalue weighted by Gasteiger charge is 2.22. The van der Waals surface area contributed by atoms with Gasteiger partial charge in [0.25, 0.3) is 0 Å². The van der Waals surface area contributed by atoms with E-state index in [0.29, 0.717) is 10.8 Å². The van der Waals surface area contributed by atoms with Crippen molar-refractivity contribution in [2.45, 2.75) is 26.2 Å². The fraction of sp³-hybridized carbons (Fsp3) is 0.267. The Hall–Kier alpha value is -2.23. The smallest absolute Gasteiger partial charge is 0.339 e. The van der Waals surface area contributed by atoms with E-state index in [2.05, 4.69) is 0 Å². The van der Waals surface area contributed by atoms with Crippen LogP contribution in [0.5, 0.6) is 11.5 Å². The summed E-state index contributed by atoms with van der Waals surface area (Å²) >= 11 is 0. The molecule has 3 N–H and O–H groups in total. The first-order chi connectivity index (χ1) is 8.73. The van der Waals surface area contributed by atoms with Crippen LogP contribution in [0.3, 0.4) is 0 Å². The van der Waals surface area contributed by atoms with Crippen molar-refractivity contribution < 1.29 is 20.1 Å². The number of aromatic hydroxyl groups is 2. The quantitative estimate of drug-likeness (QED) is 0.688. The number of carboxylic acids is 1. The summed E-state index contributed by atoms with van der Waals surface area (Å²) in [5.41, 5.74) is 0.433. The average Bonchev–Trinajstić information content (AvgIpc) is 2.31. The molecule has 0 heterocycles. The highest BCUT2D eigenvalue weighted by molar-refractivity contribution is 6.02. The third kappa shape index (κ3) is 2.10. The minimum atomic E-state index is -1.27. The van der Waals surface area contributed by atoms with E-state index in [0.717, 1.165) is 5.56 Å². The number of phenolic OH excluding ortho intramolecular Hbond substituents is 1. The monoisotopic (exact) mass is 260 g/mol. The molecule has 0 atom stereocenters. The molecule has 0 radical (unpaired) electrons. The average molecular weight is 260 g/mol. The summed E-state index contributed by atoms with van der Waals surface area (Å²) in [7, 11) is 0. The molecular formula is C15H16O4. The first kappa shape index (κ1) is 13.2. The lowest BCUT2D eigenvalue weighted by Gasteiger charge is -2.22. The second kappa shape index (κ2) is 4.16. The number of benzene rings is 2. The Bertz CT molecular complexity index is 666. The molecule has 0 bridgehead atoms. The highest BCUT2D eigenvalue weighted by Crippen LogP contribution is 2.40. The molecule has 19 heavy (non-hydrogen) atoms. The van der Waals surface area contributed by atoms with Gasteiger partial charge >= 0.3 is 5.97 Å². The van der Waals surface area contributed by atoms with Gasteiger partial charge in [-0.2, -0.15) is 0 Å². The highest BCUT2D eigenvalue weighted by atomic mass is 16.4. The van der Waals surface area contributed by atoms with Crippen molar-refractivity contribution in [2.24, 2.45) is 0 Å². The van der Waals surface area contributed by atoms with E-state index in [4.69, 9.17) is 5.11 Å². The molecular weight excluding hydrogens is 244 g/mol. The molecule has 0 aromatic heterocycles. The maximum Gasteiger partial charge on any atom is 0.339 e. The minimum Gasteiger partial charge on any atom is -0.504 e. The molecule has 0 aliphatic carbocycles. The normalized spacial score (nSPS) is 11.7. The van der Waals surface area contributed by atoms with Gasteiger partial charge in [0.05, 0.1) is 0 Å². The molecule has 0 spiro atoms. The zero-order chi connectivity index (χ0) is 14.4. The Labute approximate surface area is 110 Å². The van der Waals surface area contributed by atoms with Crippen molar-refractivity contribution in [3.63, 3.8) is 0 Å². The molecule has 0 saturated heterocycles. The molecule has 2 rings (SSSR count). The van der Waals surface area contributed by atoms with Crippen molar-refractivity contribution in [3.05, 3.63) is 35.4 Å². The molecule has 0 unspecified atom stereocenters. The Morgan fingerprint density at radius 2 is 1.68 bits per heavy atom. The lowest BCUT2D eigenvalue weighted by atomic mass is 9.83. The van der Waals surface area contributed by atoms with E-state index < -0.39 is 11.7 Å². The van der Waals surface area contributed by atoms with Gasteiger partial charge in [-0.05, 0) is 22.4 Å². The number of aromatic carboxylic acids is 1. The first-order valence-corrected chi connectivity index (χ1v) is 5.95. The Kier molecular flexibility index (Phi) is 2.89. The third-order valence-electron chi connectivity index (χ3n) is 3.17. The van der Waals surface area contributed by atoms with Crippen molar-refractivity contribution >= 4 is 16.7 Å². The topological polar surface area (TPSA) is 77.8 Å². The standard InChI is InChI=1S/C15H16O4/c1-15(2,3)11-6-4-5-8-9(11)7-10(14(18)19)13(17)12(8)16/h4-7,16-17H,1-3H3,(H,18,19). The molecule has 0 fully saturated rings. The molecule has 0 aliphatic heterocycles. The van der Waals surface area contributed by atoms with Gasteiger partial charge in [-0.15, -0.1) is 0 Å². The summed E-state index contributed by atoms with van der Waals surface area (Å²) in [5, 5.41) is 29.9. The van der Waals surface area contributed by atoms with Gasteiger partial charge in [0.15, 0.2) is 11.5 Å². The van der Waals surface area contributed by atoms with Crippen molar-refractivity contribution in [1.82, 2.24) is 0 Å². The van der Waals surface area contributed by atoms with Crippen LogP contribution in [0.4, 0.5) is 0 Å². The summed E-state index contributed by atoms with van der Waals surface area (Å²) < 4.78 is 0. The summed E-state index contributed by atoms with van der Waals surface area (Å²) in [4.78, 5) is 11.1. The van der Waals surface area contributed by atoms with Gasteiger partial charge < -0.3 is 15.3 Å². The SMILES string of the molecule is CC(C)(C)c1cccc2c(O)c(O)c(C(=O)O)cc12. The molecule has 0 saturated carbocycles. The Morgan fingerprint density at radius 1 is 1.05 bits per heavy atom.